The van der Waals surface area contributed by atoms with Crippen LogP contribution in [0.5, 0.6) is 5.75 Å². The molecular formula is C18H16ClN3O2S. The number of hydrogen-bond acceptors (Lipinski definition) is 5. The van der Waals surface area contributed by atoms with E-state index in [0.717, 1.165) is 11.1 Å². The number of hydrogen-bond donors (Lipinski definition) is 1. The lowest BCUT2D eigenvalue weighted by Gasteiger charge is -2.07. The molecule has 128 valence electrons. The number of nitrogens with one attached hydrogen (secondary N) is 1. The number of carbonyl (C=O) groups excluding carboxylic acids is 1. The van der Waals surface area contributed by atoms with Crippen molar-refractivity contribution in [3.63, 3.8) is 0 Å². The number of ether oxygens (including phenoxy) is 1. The van der Waals surface area contributed by atoms with Crippen LogP contribution in [0.15, 0.2) is 42.5 Å². The van der Waals surface area contributed by atoms with Gasteiger partial charge in [-0.25, -0.2) is 0 Å². The zero-order valence-electron chi connectivity index (χ0n) is 13.7. The van der Waals surface area contributed by atoms with Crippen molar-refractivity contribution >= 4 is 34.0 Å². The summed E-state index contributed by atoms with van der Waals surface area (Å²) in [5.41, 5.74) is 3.20. The fraction of sp³-hybridized carbons (Fsp3) is 0.167. The third kappa shape index (κ3) is 4.55. The summed E-state index contributed by atoms with van der Waals surface area (Å²) in [4.78, 5) is 12.0. The number of aryl methyl sites for hydroxylation is 2. The Morgan fingerprint density at radius 3 is 2.60 bits per heavy atom. The van der Waals surface area contributed by atoms with E-state index in [4.69, 9.17) is 16.3 Å². The molecule has 0 saturated heterocycles. The van der Waals surface area contributed by atoms with Crippen LogP contribution in [0.2, 0.25) is 5.02 Å². The highest BCUT2D eigenvalue weighted by molar-refractivity contribution is 7.18. The molecule has 0 bridgehead atoms. The Kier molecular flexibility index (Phi) is 5.31. The number of aromatic nitrogens is 2. The number of anilines is 1. The van der Waals surface area contributed by atoms with E-state index in [-0.39, 0.29) is 12.5 Å². The van der Waals surface area contributed by atoms with Crippen LogP contribution < -0.4 is 10.1 Å². The Hall–Kier alpha value is -2.44. The normalized spacial score (nSPS) is 10.5. The molecule has 3 aromatic rings. The van der Waals surface area contributed by atoms with Crippen molar-refractivity contribution in [1.82, 2.24) is 10.2 Å². The largest absolute Gasteiger partial charge is 0.484 e. The average Bonchev–Trinajstić information content (AvgIpc) is 3.05. The molecule has 25 heavy (non-hydrogen) atoms. The van der Waals surface area contributed by atoms with E-state index in [2.05, 4.69) is 15.5 Å². The maximum absolute atomic E-state index is 12.0. The summed E-state index contributed by atoms with van der Waals surface area (Å²) in [6.07, 6.45) is 0. The summed E-state index contributed by atoms with van der Waals surface area (Å²) < 4.78 is 5.51. The van der Waals surface area contributed by atoms with Gasteiger partial charge >= 0.3 is 0 Å². The molecule has 0 fully saturated rings. The SMILES string of the molecule is Cc1ccc(OCC(=O)Nc2nnc(-c3ccc(Cl)cc3)s2)cc1C. The van der Waals surface area contributed by atoms with Crippen molar-refractivity contribution in [1.29, 1.82) is 0 Å². The summed E-state index contributed by atoms with van der Waals surface area (Å²) >= 11 is 7.17. The van der Waals surface area contributed by atoms with Gasteiger partial charge in [0.05, 0.1) is 0 Å². The summed E-state index contributed by atoms with van der Waals surface area (Å²) in [7, 11) is 0. The highest BCUT2D eigenvalue weighted by Crippen LogP contribution is 2.27. The summed E-state index contributed by atoms with van der Waals surface area (Å²) in [6, 6.07) is 13.0. The maximum atomic E-state index is 12.0. The van der Waals surface area contributed by atoms with Crippen molar-refractivity contribution < 1.29 is 9.53 Å². The number of halogens is 1. The molecular weight excluding hydrogens is 358 g/mol. The van der Waals surface area contributed by atoms with Gasteiger partial charge in [-0.15, -0.1) is 10.2 Å². The van der Waals surface area contributed by atoms with Crippen LogP contribution in [0.4, 0.5) is 5.13 Å². The molecule has 1 aromatic heterocycles. The van der Waals surface area contributed by atoms with Gasteiger partial charge in [0.2, 0.25) is 5.13 Å². The minimum absolute atomic E-state index is 0.0850. The van der Waals surface area contributed by atoms with Gasteiger partial charge in [-0.3, -0.25) is 10.1 Å². The topological polar surface area (TPSA) is 64.1 Å². The minimum Gasteiger partial charge on any atom is -0.484 e. The monoisotopic (exact) mass is 373 g/mol. The Morgan fingerprint density at radius 1 is 1.12 bits per heavy atom. The van der Waals surface area contributed by atoms with Crippen LogP contribution >= 0.6 is 22.9 Å². The molecule has 0 radical (unpaired) electrons. The zero-order chi connectivity index (χ0) is 17.8. The van der Waals surface area contributed by atoms with Crippen LogP contribution in [0.25, 0.3) is 10.6 Å². The van der Waals surface area contributed by atoms with E-state index in [1.54, 1.807) is 12.1 Å². The molecule has 5 nitrogen and oxygen atoms in total. The minimum atomic E-state index is -0.281. The van der Waals surface area contributed by atoms with Crippen molar-refractivity contribution in [2.24, 2.45) is 0 Å². The fourth-order valence-electron chi connectivity index (χ4n) is 2.09. The van der Waals surface area contributed by atoms with E-state index >= 15 is 0 Å². The van der Waals surface area contributed by atoms with Crippen LogP contribution in [0.3, 0.4) is 0 Å². The first kappa shape index (κ1) is 17.4. The number of benzene rings is 2. The van der Waals surface area contributed by atoms with Crippen LogP contribution in [0.1, 0.15) is 11.1 Å². The molecule has 7 heteroatoms. The molecule has 0 unspecified atom stereocenters. The second kappa shape index (κ2) is 7.63. The Morgan fingerprint density at radius 2 is 1.88 bits per heavy atom. The Balaban J connectivity index is 1.58. The van der Waals surface area contributed by atoms with Gasteiger partial charge in [-0.05, 0) is 49.2 Å². The first-order valence-electron chi connectivity index (χ1n) is 7.60. The molecule has 0 aliphatic heterocycles. The summed E-state index contributed by atoms with van der Waals surface area (Å²) in [5.74, 6) is 0.384. The second-order valence-corrected chi connectivity index (χ2v) is 6.92. The second-order valence-electron chi connectivity index (χ2n) is 5.50. The van der Waals surface area contributed by atoms with Gasteiger partial charge in [0.15, 0.2) is 6.61 Å². The average molecular weight is 374 g/mol. The van der Waals surface area contributed by atoms with Gasteiger partial charge in [0.1, 0.15) is 10.8 Å². The fourth-order valence-corrected chi connectivity index (χ4v) is 2.98. The van der Waals surface area contributed by atoms with Crippen LogP contribution in [0, 0.1) is 13.8 Å². The molecule has 1 amide bonds. The molecule has 0 saturated carbocycles. The Bertz CT molecular complexity index is 894. The lowest BCUT2D eigenvalue weighted by molar-refractivity contribution is -0.118. The standard InChI is InChI=1S/C18H16ClN3O2S/c1-11-3-8-15(9-12(11)2)24-10-16(23)20-18-22-21-17(25-18)13-4-6-14(19)7-5-13/h3-9H,10H2,1-2H3,(H,20,22,23). The molecule has 0 aliphatic rings. The number of rotatable bonds is 5. The lowest BCUT2D eigenvalue weighted by Crippen LogP contribution is -2.20. The number of amides is 1. The van der Waals surface area contributed by atoms with Crippen molar-refractivity contribution in [3.05, 3.63) is 58.6 Å². The maximum Gasteiger partial charge on any atom is 0.264 e. The van der Waals surface area contributed by atoms with Gasteiger partial charge in [-0.1, -0.05) is 41.1 Å². The first-order valence-corrected chi connectivity index (χ1v) is 8.80. The van der Waals surface area contributed by atoms with E-state index < -0.39 is 0 Å². The molecule has 2 aromatic carbocycles. The van der Waals surface area contributed by atoms with E-state index in [1.807, 2.05) is 44.2 Å². The van der Waals surface area contributed by atoms with E-state index in [1.165, 1.54) is 16.9 Å². The van der Waals surface area contributed by atoms with Gasteiger partial charge in [0, 0.05) is 10.6 Å². The first-order chi connectivity index (χ1) is 12.0. The smallest absolute Gasteiger partial charge is 0.264 e. The number of carbonyl (C=O) groups is 1. The highest BCUT2D eigenvalue weighted by Gasteiger charge is 2.10. The molecule has 3 rings (SSSR count). The summed E-state index contributed by atoms with van der Waals surface area (Å²) in [6.45, 7) is 3.94. The van der Waals surface area contributed by atoms with Crippen molar-refractivity contribution in [2.75, 3.05) is 11.9 Å². The van der Waals surface area contributed by atoms with Crippen molar-refractivity contribution in [3.8, 4) is 16.3 Å². The quantitative estimate of drug-likeness (QED) is 0.715. The van der Waals surface area contributed by atoms with Crippen LogP contribution in [-0.4, -0.2) is 22.7 Å². The van der Waals surface area contributed by atoms with Gasteiger partial charge in [-0.2, -0.15) is 0 Å². The zero-order valence-corrected chi connectivity index (χ0v) is 15.3. The third-order valence-corrected chi connectivity index (χ3v) is 4.75. The highest BCUT2D eigenvalue weighted by atomic mass is 35.5. The third-order valence-electron chi connectivity index (χ3n) is 3.61. The van der Waals surface area contributed by atoms with E-state index in [9.17, 15) is 4.79 Å². The molecule has 0 atom stereocenters. The number of nitrogens with zero attached hydrogens (tertiary/aromatic N) is 2. The van der Waals surface area contributed by atoms with Crippen LogP contribution in [-0.2, 0) is 4.79 Å². The Labute approximate surface area is 154 Å². The summed E-state index contributed by atoms with van der Waals surface area (Å²) in [5, 5.41) is 12.6. The van der Waals surface area contributed by atoms with Gasteiger partial charge < -0.3 is 4.74 Å². The molecule has 0 spiro atoms. The predicted octanol–water partition coefficient (Wildman–Crippen LogP) is 4.49. The van der Waals surface area contributed by atoms with E-state index in [0.29, 0.717) is 20.9 Å². The van der Waals surface area contributed by atoms with Crippen molar-refractivity contribution in [2.45, 2.75) is 13.8 Å². The molecule has 1 heterocycles. The van der Waals surface area contributed by atoms with Gasteiger partial charge in [0.25, 0.3) is 5.91 Å². The molecule has 1 N–H and O–H groups in total. The molecule has 0 aliphatic carbocycles. The lowest BCUT2D eigenvalue weighted by atomic mass is 10.1. The predicted molar refractivity (Wildman–Crippen MR) is 100 cm³/mol.